The molecule has 0 aliphatic carbocycles. The van der Waals surface area contributed by atoms with E-state index in [9.17, 15) is 0 Å². The highest BCUT2D eigenvalue weighted by atomic mass is 16.5. The summed E-state index contributed by atoms with van der Waals surface area (Å²) in [6.07, 6.45) is 4.78. The van der Waals surface area contributed by atoms with E-state index < -0.39 is 0 Å². The SMILES string of the molecule is [CH2-][NH+]1CCc2c(ccnc2CN2C[C@@H]3C[C@H]2CO3)C1. The average Bonchev–Trinajstić information content (AvgIpc) is 3.01. The maximum Gasteiger partial charge on any atom is 0.0791 e. The third-order valence-corrected chi connectivity index (χ3v) is 4.78. The highest BCUT2D eigenvalue weighted by Gasteiger charge is 2.39. The Bertz CT molecular complexity index is 490. The van der Waals surface area contributed by atoms with Gasteiger partial charge in [-0.2, -0.15) is 7.05 Å². The Morgan fingerprint density at radius 2 is 2.47 bits per heavy atom. The molecular formula is C15H21N3O. The number of hydrogen-bond donors (Lipinski definition) is 1. The lowest BCUT2D eigenvalue weighted by Crippen LogP contribution is -3.06. The van der Waals surface area contributed by atoms with Crippen molar-refractivity contribution in [1.29, 1.82) is 0 Å². The number of nitrogens with zero attached hydrogens (tertiary/aromatic N) is 2. The van der Waals surface area contributed by atoms with E-state index in [-0.39, 0.29) is 0 Å². The second kappa shape index (κ2) is 4.54. The molecule has 0 aromatic carbocycles. The lowest BCUT2D eigenvalue weighted by Gasteiger charge is -2.31. The van der Waals surface area contributed by atoms with Crippen LogP contribution in [0.3, 0.4) is 0 Å². The Kier molecular flexibility index (Phi) is 2.83. The highest BCUT2D eigenvalue weighted by Crippen LogP contribution is 2.29. The van der Waals surface area contributed by atoms with Crippen LogP contribution in [0, 0.1) is 7.05 Å². The summed E-state index contributed by atoms with van der Waals surface area (Å²) in [5, 5.41) is 0. The van der Waals surface area contributed by atoms with Gasteiger partial charge >= 0.3 is 0 Å². The number of morpholine rings is 1. The van der Waals surface area contributed by atoms with Gasteiger partial charge in [-0.1, -0.05) is 0 Å². The van der Waals surface area contributed by atoms with Crippen molar-refractivity contribution in [2.75, 3.05) is 19.7 Å². The number of nitrogens with one attached hydrogen (secondary N) is 1. The van der Waals surface area contributed by atoms with Crippen LogP contribution in [-0.4, -0.2) is 41.7 Å². The van der Waals surface area contributed by atoms with Gasteiger partial charge in [-0.3, -0.25) is 9.88 Å². The first-order chi connectivity index (χ1) is 9.29. The van der Waals surface area contributed by atoms with Crippen molar-refractivity contribution >= 4 is 0 Å². The van der Waals surface area contributed by atoms with E-state index >= 15 is 0 Å². The number of fused-ring (bicyclic) bond motifs is 3. The zero-order valence-corrected chi connectivity index (χ0v) is 11.3. The molecular weight excluding hydrogens is 238 g/mol. The van der Waals surface area contributed by atoms with E-state index in [4.69, 9.17) is 4.74 Å². The number of aromatic nitrogens is 1. The van der Waals surface area contributed by atoms with Crippen LogP contribution < -0.4 is 4.90 Å². The number of hydrogen-bond acceptors (Lipinski definition) is 3. The molecule has 0 radical (unpaired) electrons. The van der Waals surface area contributed by atoms with Crippen molar-refractivity contribution in [2.24, 2.45) is 0 Å². The fourth-order valence-corrected chi connectivity index (χ4v) is 3.71. The Morgan fingerprint density at radius 3 is 3.26 bits per heavy atom. The van der Waals surface area contributed by atoms with Gasteiger partial charge in [-0.05, 0) is 18.1 Å². The molecule has 1 aromatic heterocycles. The Morgan fingerprint density at radius 1 is 1.53 bits per heavy atom. The molecule has 4 rings (SSSR count). The minimum Gasteiger partial charge on any atom is -0.464 e. The van der Waals surface area contributed by atoms with E-state index in [1.807, 2.05) is 6.20 Å². The summed E-state index contributed by atoms with van der Waals surface area (Å²) in [5.41, 5.74) is 4.22. The molecule has 4 heteroatoms. The Labute approximate surface area is 114 Å². The summed E-state index contributed by atoms with van der Waals surface area (Å²) < 4.78 is 5.67. The van der Waals surface area contributed by atoms with E-state index in [0.717, 1.165) is 39.2 Å². The molecule has 0 amide bonds. The van der Waals surface area contributed by atoms with Gasteiger partial charge in [0.05, 0.1) is 31.5 Å². The van der Waals surface area contributed by atoms with Gasteiger partial charge in [0.2, 0.25) is 0 Å². The van der Waals surface area contributed by atoms with Gasteiger partial charge in [0.15, 0.2) is 0 Å². The topological polar surface area (TPSA) is 29.8 Å². The smallest absolute Gasteiger partial charge is 0.0791 e. The van der Waals surface area contributed by atoms with Gasteiger partial charge in [0.25, 0.3) is 0 Å². The molecule has 3 aliphatic heterocycles. The first kappa shape index (κ1) is 11.8. The van der Waals surface area contributed by atoms with Crippen LogP contribution in [0.25, 0.3) is 0 Å². The van der Waals surface area contributed by atoms with Crippen LogP contribution >= 0.6 is 0 Å². The Hall–Kier alpha value is -0.970. The molecule has 1 N–H and O–H groups in total. The number of quaternary nitrogens is 1. The molecule has 2 bridgehead atoms. The second-order valence-electron chi connectivity index (χ2n) is 6.10. The molecule has 1 aromatic rings. The molecule has 4 heterocycles. The van der Waals surface area contributed by atoms with Gasteiger partial charge in [-0.15, -0.1) is 0 Å². The standard InChI is InChI=1S/C15H21N3O/c1-17-5-3-14-11(7-17)2-4-16-15(14)9-18-8-13-6-12(18)10-19-13/h2,4,12-13,17H,1,3,5-10H2/t12-,13-/m0/s1. The van der Waals surface area contributed by atoms with Crippen LogP contribution in [0.5, 0.6) is 0 Å². The number of rotatable bonds is 2. The van der Waals surface area contributed by atoms with Gasteiger partial charge in [0.1, 0.15) is 0 Å². The average molecular weight is 259 g/mol. The molecule has 2 saturated heterocycles. The summed E-state index contributed by atoms with van der Waals surface area (Å²) in [5.74, 6) is 0. The van der Waals surface area contributed by atoms with Crippen molar-refractivity contribution in [3.05, 3.63) is 36.1 Å². The van der Waals surface area contributed by atoms with Crippen molar-refractivity contribution in [3.63, 3.8) is 0 Å². The third-order valence-electron chi connectivity index (χ3n) is 4.78. The predicted octanol–water partition coefficient (Wildman–Crippen LogP) is -0.213. The van der Waals surface area contributed by atoms with E-state index in [2.05, 4.69) is 23.0 Å². The Balaban J connectivity index is 1.57. The van der Waals surface area contributed by atoms with Crippen molar-refractivity contribution in [2.45, 2.75) is 38.1 Å². The summed E-state index contributed by atoms with van der Waals surface area (Å²) in [4.78, 5) is 8.57. The monoisotopic (exact) mass is 259 g/mol. The first-order valence-electron chi connectivity index (χ1n) is 7.27. The second-order valence-corrected chi connectivity index (χ2v) is 6.10. The lowest BCUT2D eigenvalue weighted by atomic mass is 9.98. The van der Waals surface area contributed by atoms with E-state index in [1.165, 1.54) is 28.1 Å². The molecule has 1 unspecified atom stereocenters. The van der Waals surface area contributed by atoms with Crippen LogP contribution in [0.1, 0.15) is 23.2 Å². The van der Waals surface area contributed by atoms with Gasteiger partial charge in [0, 0.05) is 37.3 Å². The van der Waals surface area contributed by atoms with Crippen molar-refractivity contribution in [1.82, 2.24) is 9.88 Å². The third kappa shape index (κ3) is 2.08. The molecule has 2 fully saturated rings. The summed E-state index contributed by atoms with van der Waals surface area (Å²) in [6.45, 7) is 5.17. The van der Waals surface area contributed by atoms with E-state index in [0.29, 0.717) is 12.1 Å². The largest absolute Gasteiger partial charge is 0.464 e. The maximum atomic E-state index is 5.67. The van der Waals surface area contributed by atoms with Crippen LogP contribution in [0.2, 0.25) is 0 Å². The highest BCUT2D eigenvalue weighted by molar-refractivity contribution is 5.31. The van der Waals surface area contributed by atoms with E-state index in [1.54, 1.807) is 0 Å². The molecule has 19 heavy (non-hydrogen) atoms. The molecule has 0 saturated carbocycles. The quantitative estimate of drug-likeness (QED) is 0.745. The van der Waals surface area contributed by atoms with Gasteiger partial charge in [-0.25, -0.2) is 0 Å². The minimum absolute atomic E-state index is 0.476. The normalized spacial score (nSPS) is 33.6. The van der Waals surface area contributed by atoms with Crippen LogP contribution in [-0.2, 0) is 24.2 Å². The minimum atomic E-state index is 0.476. The maximum absolute atomic E-state index is 5.67. The lowest BCUT2D eigenvalue weighted by molar-refractivity contribution is -0.870. The zero-order valence-electron chi connectivity index (χ0n) is 11.3. The zero-order chi connectivity index (χ0) is 12.8. The summed E-state index contributed by atoms with van der Waals surface area (Å²) in [7, 11) is 4.13. The van der Waals surface area contributed by atoms with Crippen molar-refractivity contribution < 1.29 is 9.64 Å². The number of ether oxygens (including phenoxy) is 1. The van der Waals surface area contributed by atoms with Crippen molar-refractivity contribution in [3.8, 4) is 0 Å². The van der Waals surface area contributed by atoms with Crippen LogP contribution in [0.4, 0.5) is 0 Å². The fraction of sp³-hybridized carbons (Fsp3) is 0.600. The molecule has 102 valence electrons. The van der Waals surface area contributed by atoms with Gasteiger partial charge < -0.3 is 9.64 Å². The first-order valence-corrected chi connectivity index (χ1v) is 7.27. The predicted molar refractivity (Wildman–Crippen MR) is 71.4 cm³/mol. The number of likely N-dealkylation sites (tertiary alicyclic amines) is 1. The fourth-order valence-electron chi connectivity index (χ4n) is 3.71. The molecule has 3 aliphatic rings. The number of pyridine rings is 1. The van der Waals surface area contributed by atoms with Crippen LogP contribution in [0.15, 0.2) is 12.3 Å². The molecule has 3 atom stereocenters. The molecule has 0 spiro atoms. The summed E-state index contributed by atoms with van der Waals surface area (Å²) in [6, 6.07) is 2.80. The molecule has 4 nitrogen and oxygen atoms in total. The summed E-state index contributed by atoms with van der Waals surface area (Å²) >= 11 is 0.